The third-order valence-electron chi connectivity index (χ3n) is 3.82. The number of nitrogens with one attached hydrogen (secondary N) is 1. The zero-order valence-corrected chi connectivity index (χ0v) is 15.1. The summed E-state index contributed by atoms with van der Waals surface area (Å²) in [6, 6.07) is 11.6. The molecule has 1 N–H and O–H groups in total. The van der Waals surface area contributed by atoms with Crippen molar-refractivity contribution >= 4 is 39.8 Å². The van der Waals surface area contributed by atoms with Crippen LogP contribution in [0, 0.1) is 13.8 Å². The molecule has 25 heavy (non-hydrogen) atoms. The van der Waals surface area contributed by atoms with Crippen LogP contribution >= 0.6 is 11.6 Å². The van der Waals surface area contributed by atoms with Crippen LogP contribution in [0.3, 0.4) is 0 Å². The van der Waals surface area contributed by atoms with Gasteiger partial charge in [-0.1, -0.05) is 17.7 Å². The minimum atomic E-state index is -0.413. The van der Waals surface area contributed by atoms with Gasteiger partial charge in [0.2, 0.25) is 0 Å². The number of anilines is 2. The molecule has 0 spiro atoms. The number of carbonyl (C=O) groups is 1. The lowest BCUT2D eigenvalue weighted by atomic mass is 10.1. The average molecular weight is 355 g/mol. The highest BCUT2D eigenvalue weighted by molar-refractivity contribution is 6.31. The van der Waals surface area contributed by atoms with E-state index < -0.39 is 5.97 Å². The molecular formula is C20H19ClN2O2. The van der Waals surface area contributed by atoms with Gasteiger partial charge in [0, 0.05) is 22.3 Å². The van der Waals surface area contributed by atoms with Crippen molar-refractivity contribution in [3.05, 3.63) is 64.3 Å². The van der Waals surface area contributed by atoms with Crippen molar-refractivity contribution in [3.8, 4) is 0 Å². The fraction of sp³-hybridized carbons (Fsp3) is 0.200. The van der Waals surface area contributed by atoms with Crippen LogP contribution in [0.15, 0.2) is 42.6 Å². The largest absolute Gasteiger partial charge is 0.462 e. The van der Waals surface area contributed by atoms with E-state index in [9.17, 15) is 4.79 Å². The molecule has 0 fully saturated rings. The zero-order chi connectivity index (χ0) is 18.0. The van der Waals surface area contributed by atoms with Gasteiger partial charge in [-0.25, -0.2) is 4.79 Å². The van der Waals surface area contributed by atoms with Crippen LogP contribution in [0.1, 0.15) is 28.4 Å². The number of aryl methyl sites for hydroxylation is 2. The molecule has 0 radical (unpaired) electrons. The van der Waals surface area contributed by atoms with E-state index in [0.29, 0.717) is 22.9 Å². The lowest BCUT2D eigenvalue weighted by Gasteiger charge is -2.15. The Bertz CT molecular complexity index is 934. The highest BCUT2D eigenvalue weighted by Crippen LogP contribution is 2.32. The molecule has 128 valence electrons. The van der Waals surface area contributed by atoms with Crippen molar-refractivity contribution in [1.82, 2.24) is 4.98 Å². The van der Waals surface area contributed by atoms with Crippen molar-refractivity contribution < 1.29 is 9.53 Å². The van der Waals surface area contributed by atoms with Gasteiger partial charge in [0.15, 0.2) is 0 Å². The molecule has 0 aliphatic rings. The summed E-state index contributed by atoms with van der Waals surface area (Å²) in [6.45, 7) is 6.15. The van der Waals surface area contributed by atoms with Gasteiger partial charge in [0.1, 0.15) is 5.56 Å². The van der Waals surface area contributed by atoms with Gasteiger partial charge in [-0.2, -0.15) is 0 Å². The van der Waals surface area contributed by atoms with E-state index in [4.69, 9.17) is 16.3 Å². The van der Waals surface area contributed by atoms with Crippen LogP contribution in [-0.2, 0) is 4.74 Å². The Kier molecular flexibility index (Phi) is 4.91. The molecule has 0 unspecified atom stereocenters. The summed E-state index contributed by atoms with van der Waals surface area (Å²) >= 11 is 6.17. The summed E-state index contributed by atoms with van der Waals surface area (Å²) < 4.78 is 5.18. The van der Waals surface area contributed by atoms with E-state index in [1.165, 1.54) is 0 Å². The van der Waals surface area contributed by atoms with E-state index in [2.05, 4.69) is 16.4 Å². The van der Waals surface area contributed by atoms with E-state index in [1.54, 1.807) is 25.3 Å². The van der Waals surface area contributed by atoms with E-state index in [0.717, 1.165) is 27.7 Å². The number of esters is 1. The third kappa shape index (κ3) is 3.74. The van der Waals surface area contributed by atoms with E-state index in [-0.39, 0.29) is 0 Å². The Morgan fingerprint density at radius 2 is 1.88 bits per heavy atom. The number of pyridine rings is 1. The predicted molar refractivity (Wildman–Crippen MR) is 102 cm³/mol. The monoisotopic (exact) mass is 354 g/mol. The second-order valence-corrected chi connectivity index (χ2v) is 6.37. The molecule has 0 bridgehead atoms. The van der Waals surface area contributed by atoms with Gasteiger partial charge >= 0.3 is 5.97 Å². The maximum absolute atomic E-state index is 12.4. The summed E-state index contributed by atoms with van der Waals surface area (Å²) in [7, 11) is 0. The number of aromatic nitrogens is 1. The first-order valence-electron chi connectivity index (χ1n) is 8.08. The lowest BCUT2D eigenvalue weighted by Crippen LogP contribution is -2.09. The number of carbonyl (C=O) groups excluding carboxylic acids is 1. The summed E-state index contributed by atoms with van der Waals surface area (Å²) in [4.78, 5) is 16.7. The minimum absolute atomic E-state index is 0.301. The van der Waals surface area contributed by atoms with Crippen LogP contribution in [0.4, 0.5) is 11.4 Å². The number of ether oxygens (including phenoxy) is 1. The number of benzene rings is 2. The summed E-state index contributed by atoms with van der Waals surface area (Å²) in [5, 5.41) is 4.72. The van der Waals surface area contributed by atoms with Gasteiger partial charge in [-0.3, -0.25) is 4.98 Å². The molecule has 0 aliphatic carbocycles. The normalized spacial score (nSPS) is 10.7. The minimum Gasteiger partial charge on any atom is -0.462 e. The maximum atomic E-state index is 12.4. The first-order valence-corrected chi connectivity index (χ1v) is 8.46. The molecule has 3 aromatic rings. The summed E-state index contributed by atoms with van der Waals surface area (Å²) in [5.74, 6) is -0.413. The van der Waals surface area contributed by atoms with Crippen molar-refractivity contribution in [1.29, 1.82) is 0 Å². The van der Waals surface area contributed by atoms with Crippen molar-refractivity contribution in [2.75, 3.05) is 11.9 Å². The molecule has 0 atom stereocenters. The Labute approximate surface area is 151 Å². The Morgan fingerprint density at radius 3 is 2.56 bits per heavy atom. The number of fused-ring (bicyclic) bond motifs is 1. The topological polar surface area (TPSA) is 51.2 Å². The molecule has 4 nitrogen and oxygen atoms in total. The second kappa shape index (κ2) is 7.11. The van der Waals surface area contributed by atoms with Gasteiger partial charge in [0.05, 0.1) is 17.8 Å². The molecule has 0 amide bonds. The molecule has 1 heterocycles. The van der Waals surface area contributed by atoms with Crippen LogP contribution in [0.2, 0.25) is 5.02 Å². The fourth-order valence-corrected chi connectivity index (χ4v) is 3.03. The van der Waals surface area contributed by atoms with Gasteiger partial charge in [-0.05, 0) is 62.2 Å². The molecule has 0 saturated carbocycles. The number of hydrogen-bond acceptors (Lipinski definition) is 4. The summed E-state index contributed by atoms with van der Waals surface area (Å²) in [5.41, 5.74) is 4.96. The second-order valence-electron chi connectivity index (χ2n) is 5.93. The quantitative estimate of drug-likeness (QED) is 0.635. The van der Waals surface area contributed by atoms with Crippen LogP contribution in [-0.4, -0.2) is 17.6 Å². The lowest BCUT2D eigenvalue weighted by molar-refractivity contribution is 0.0527. The average Bonchev–Trinajstić information content (AvgIpc) is 2.54. The Balaban J connectivity index is 2.19. The zero-order valence-electron chi connectivity index (χ0n) is 14.4. The van der Waals surface area contributed by atoms with Gasteiger partial charge < -0.3 is 10.1 Å². The number of halogens is 1. The first kappa shape index (κ1) is 17.2. The number of nitrogens with zero attached hydrogens (tertiary/aromatic N) is 1. The highest BCUT2D eigenvalue weighted by Gasteiger charge is 2.17. The Morgan fingerprint density at radius 1 is 1.16 bits per heavy atom. The van der Waals surface area contributed by atoms with E-state index in [1.807, 2.05) is 32.0 Å². The first-order chi connectivity index (χ1) is 12.0. The number of hydrogen-bond donors (Lipinski definition) is 1. The van der Waals surface area contributed by atoms with Crippen LogP contribution in [0.5, 0.6) is 0 Å². The SMILES string of the molecule is CCOC(=O)c1cnc2ccc(Cl)cc2c1Nc1cc(C)cc(C)c1. The van der Waals surface area contributed by atoms with Crippen molar-refractivity contribution in [3.63, 3.8) is 0 Å². The molecule has 5 heteroatoms. The third-order valence-corrected chi connectivity index (χ3v) is 4.05. The van der Waals surface area contributed by atoms with Crippen LogP contribution in [0.25, 0.3) is 10.9 Å². The molecular weight excluding hydrogens is 336 g/mol. The number of rotatable bonds is 4. The van der Waals surface area contributed by atoms with Gasteiger partial charge in [0.25, 0.3) is 0 Å². The Hall–Kier alpha value is -2.59. The van der Waals surface area contributed by atoms with Crippen molar-refractivity contribution in [2.24, 2.45) is 0 Å². The molecule has 2 aromatic carbocycles. The van der Waals surface area contributed by atoms with Crippen molar-refractivity contribution in [2.45, 2.75) is 20.8 Å². The van der Waals surface area contributed by atoms with Crippen LogP contribution < -0.4 is 5.32 Å². The fourth-order valence-electron chi connectivity index (χ4n) is 2.85. The van der Waals surface area contributed by atoms with E-state index >= 15 is 0 Å². The summed E-state index contributed by atoms with van der Waals surface area (Å²) in [6.07, 6.45) is 1.54. The smallest absolute Gasteiger partial charge is 0.341 e. The molecule has 1 aromatic heterocycles. The maximum Gasteiger partial charge on any atom is 0.341 e. The molecule has 0 saturated heterocycles. The molecule has 0 aliphatic heterocycles. The standard InChI is InChI=1S/C20H19ClN2O2/c1-4-25-20(24)17-11-22-18-6-5-14(21)10-16(18)19(17)23-15-8-12(2)7-13(3)9-15/h5-11H,4H2,1-3H3,(H,22,23). The molecule has 3 rings (SSSR count). The highest BCUT2D eigenvalue weighted by atomic mass is 35.5. The predicted octanol–water partition coefficient (Wildman–Crippen LogP) is 5.43. The van der Waals surface area contributed by atoms with Gasteiger partial charge in [-0.15, -0.1) is 0 Å².